The Morgan fingerprint density at radius 3 is 2.60 bits per heavy atom. The van der Waals surface area contributed by atoms with E-state index in [1.807, 2.05) is 55.5 Å². The summed E-state index contributed by atoms with van der Waals surface area (Å²) in [4.78, 5) is 17.7. The normalized spacial score (nSPS) is 19.4. The van der Waals surface area contributed by atoms with Crippen LogP contribution in [0.2, 0.25) is 0 Å². The number of allylic oxidation sites excluding steroid dienone is 2. The number of carbonyl (C=O) groups is 1. The Bertz CT molecular complexity index is 894. The van der Waals surface area contributed by atoms with Crippen LogP contribution in [-0.2, 0) is 4.79 Å². The molecule has 4 rings (SSSR count). The van der Waals surface area contributed by atoms with E-state index in [0.29, 0.717) is 6.42 Å². The fraction of sp³-hybridized carbons (Fsp3) is 0.238. The number of anilines is 1. The zero-order chi connectivity index (χ0) is 17.4. The molecular weight excluding hydrogens is 312 g/mol. The van der Waals surface area contributed by atoms with Gasteiger partial charge in [0.1, 0.15) is 5.75 Å². The summed E-state index contributed by atoms with van der Waals surface area (Å²) in [6, 6.07) is 15.9. The second-order valence-electron chi connectivity index (χ2n) is 6.50. The molecule has 4 heteroatoms. The number of methoxy groups -OCH3 is 1. The number of aliphatic imine (C=N–C) groups is 1. The average molecular weight is 332 g/mol. The van der Waals surface area contributed by atoms with Crippen LogP contribution in [0.15, 0.2) is 64.8 Å². The van der Waals surface area contributed by atoms with Gasteiger partial charge in [-0.15, -0.1) is 0 Å². The summed E-state index contributed by atoms with van der Waals surface area (Å²) in [5.74, 6) is 1.13. The molecule has 1 heterocycles. The molecule has 1 N–H and O–H groups in total. The maximum absolute atomic E-state index is 12.8. The van der Waals surface area contributed by atoms with Gasteiger partial charge >= 0.3 is 0 Å². The number of ether oxygens (including phenoxy) is 1. The third kappa shape index (κ3) is 2.84. The number of nitrogens with zero attached hydrogens (tertiary/aromatic N) is 1. The fourth-order valence-electron chi connectivity index (χ4n) is 3.62. The van der Waals surface area contributed by atoms with Gasteiger partial charge in [0.15, 0.2) is 5.78 Å². The standard InChI is InChI=1S/C21H20N2O2/c1-13-21-19(23-18-6-4-3-5-17(18)22-13)11-15(12-20(21)24)14-7-9-16(25-2)10-8-14/h3-10,15,22H,11-12H2,1-2H3. The number of benzene rings is 2. The minimum atomic E-state index is 0.152. The third-order valence-electron chi connectivity index (χ3n) is 4.88. The van der Waals surface area contributed by atoms with Crippen LogP contribution >= 0.6 is 0 Å². The van der Waals surface area contributed by atoms with Crippen molar-refractivity contribution in [3.05, 3.63) is 65.4 Å². The summed E-state index contributed by atoms with van der Waals surface area (Å²) in [6.45, 7) is 1.96. The van der Waals surface area contributed by atoms with Crippen molar-refractivity contribution in [3.8, 4) is 5.75 Å². The highest BCUT2D eigenvalue weighted by atomic mass is 16.5. The lowest BCUT2D eigenvalue weighted by molar-refractivity contribution is -0.115. The van der Waals surface area contributed by atoms with Gasteiger partial charge in [-0.3, -0.25) is 9.79 Å². The second kappa shape index (κ2) is 6.20. The van der Waals surface area contributed by atoms with Gasteiger partial charge in [0, 0.05) is 12.1 Å². The van der Waals surface area contributed by atoms with E-state index in [2.05, 4.69) is 5.32 Å². The number of carbonyl (C=O) groups excluding carboxylic acids is 1. The molecule has 1 fully saturated rings. The summed E-state index contributed by atoms with van der Waals surface area (Å²) in [7, 11) is 1.66. The molecule has 0 aromatic heterocycles. The highest BCUT2D eigenvalue weighted by Gasteiger charge is 2.32. The molecule has 0 spiro atoms. The highest BCUT2D eigenvalue weighted by molar-refractivity contribution is 6.26. The smallest absolute Gasteiger partial charge is 0.167 e. The predicted octanol–water partition coefficient (Wildman–Crippen LogP) is 4.61. The third-order valence-corrected chi connectivity index (χ3v) is 4.88. The Morgan fingerprint density at radius 1 is 1.08 bits per heavy atom. The van der Waals surface area contributed by atoms with Gasteiger partial charge < -0.3 is 10.1 Å². The molecule has 25 heavy (non-hydrogen) atoms. The van der Waals surface area contributed by atoms with Crippen LogP contribution in [0.1, 0.15) is 31.2 Å². The SMILES string of the molecule is COc1ccc(C2CC(=O)C3=C(C)Nc4ccccc4N=C3C2)cc1. The van der Waals surface area contributed by atoms with Gasteiger partial charge in [-0.1, -0.05) is 24.3 Å². The summed E-state index contributed by atoms with van der Waals surface area (Å²) in [5.41, 5.74) is 5.51. The number of hydrogen-bond donors (Lipinski definition) is 1. The van der Waals surface area contributed by atoms with Crippen LogP contribution in [0, 0.1) is 0 Å². The summed E-state index contributed by atoms with van der Waals surface area (Å²) in [5, 5.41) is 3.35. The van der Waals surface area contributed by atoms with Gasteiger partial charge in [0.25, 0.3) is 0 Å². The zero-order valence-corrected chi connectivity index (χ0v) is 14.4. The minimum absolute atomic E-state index is 0.152. The molecule has 1 unspecified atom stereocenters. The van der Waals surface area contributed by atoms with Gasteiger partial charge in [0.05, 0.1) is 29.8 Å². The van der Waals surface area contributed by atoms with Crippen LogP contribution in [0.4, 0.5) is 11.4 Å². The first-order valence-corrected chi connectivity index (χ1v) is 8.47. The topological polar surface area (TPSA) is 50.7 Å². The average Bonchev–Trinajstić information content (AvgIpc) is 2.77. The predicted molar refractivity (Wildman–Crippen MR) is 99.8 cm³/mol. The summed E-state index contributed by atoms with van der Waals surface area (Å²) >= 11 is 0. The van der Waals surface area contributed by atoms with Gasteiger partial charge in [-0.05, 0) is 49.1 Å². The van der Waals surface area contributed by atoms with E-state index >= 15 is 0 Å². The van der Waals surface area contributed by atoms with Crippen LogP contribution in [0.25, 0.3) is 0 Å². The Labute approximate surface area is 147 Å². The molecule has 1 aliphatic carbocycles. The number of Topliss-reactive ketones (excluding diaryl/α,β-unsaturated/α-hetero) is 1. The van der Waals surface area contributed by atoms with Crippen LogP contribution in [0.5, 0.6) is 5.75 Å². The van der Waals surface area contributed by atoms with Crippen LogP contribution in [-0.4, -0.2) is 18.6 Å². The Morgan fingerprint density at radius 2 is 1.84 bits per heavy atom. The molecule has 0 bridgehead atoms. The minimum Gasteiger partial charge on any atom is -0.497 e. The maximum Gasteiger partial charge on any atom is 0.167 e. The maximum atomic E-state index is 12.8. The number of para-hydroxylation sites is 2. The summed E-state index contributed by atoms with van der Waals surface area (Å²) < 4.78 is 5.23. The lowest BCUT2D eigenvalue weighted by Gasteiger charge is -2.25. The van der Waals surface area contributed by atoms with Crippen molar-refractivity contribution >= 4 is 22.9 Å². The number of rotatable bonds is 2. The summed E-state index contributed by atoms with van der Waals surface area (Å²) in [6.07, 6.45) is 1.27. The molecule has 4 nitrogen and oxygen atoms in total. The fourth-order valence-corrected chi connectivity index (χ4v) is 3.62. The molecule has 2 aromatic rings. The Balaban J connectivity index is 1.73. The number of hydrogen-bond acceptors (Lipinski definition) is 4. The van der Waals surface area contributed by atoms with E-state index in [1.54, 1.807) is 7.11 Å². The quantitative estimate of drug-likeness (QED) is 0.873. The first-order valence-electron chi connectivity index (χ1n) is 8.47. The van der Waals surface area contributed by atoms with Gasteiger partial charge in [-0.2, -0.15) is 0 Å². The van der Waals surface area contributed by atoms with Gasteiger partial charge in [0.2, 0.25) is 0 Å². The highest BCUT2D eigenvalue weighted by Crippen LogP contribution is 2.38. The van der Waals surface area contributed by atoms with E-state index in [-0.39, 0.29) is 11.7 Å². The Hall–Kier alpha value is -2.88. The molecule has 2 aromatic carbocycles. The number of ketones is 1. The lowest BCUT2D eigenvalue weighted by atomic mass is 9.79. The van der Waals surface area contributed by atoms with Crippen LogP contribution < -0.4 is 10.1 Å². The molecule has 0 radical (unpaired) electrons. The van der Waals surface area contributed by atoms with Gasteiger partial charge in [-0.25, -0.2) is 0 Å². The monoisotopic (exact) mass is 332 g/mol. The van der Waals surface area contributed by atoms with Crippen molar-refractivity contribution in [1.29, 1.82) is 0 Å². The Kier molecular flexibility index (Phi) is 3.88. The molecule has 1 saturated carbocycles. The molecule has 2 aliphatic rings. The number of fused-ring (bicyclic) bond motifs is 2. The number of nitrogens with one attached hydrogen (secondary N) is 1. The van der Waals surface area contributed by atoms with Crippen molar-refractivity contribution < 1.29 is 9.53 Å². The van der Waals surface area contributed by atoms with E-state index in [4.69, 9.17) is 9.73 Å². The lowest BCUT2D eigenvalue weighted by Crippen LogP contribution is -2.26. The van der Waals surface area contributed by atoms with E-state index in [9.17, 15) is 4.79 Å². The van der Waals surface area contributed by atoms with Crippen LogP contribution in [0.3, 0.4) is 0 Å². The molecule has 0 amide bonds. The molecule has 0 saturated heterocycles. The first-order chi connectivity index (χ1) is 12.2. The van der Waals surface area contributed by atoms with E-state index in [1.165, 1.54) is 0 Å². The first kappa shape index (κ1) is 15.6. The molecule has 126 valence electrons. The van der Waals surface area contributed by atoms with E-state index in [0.717, 1.165) is 46.1 Å². The van der Waals surface area contributed by atoms with Crippen molar-refractivity contribution in [3.63, 3.8) is 0 Å². The second-order valence-corrected chi connectivity index (χ2v) is 6.50. The molecule has 1 atom stereocenters. The van der Waals surface area contributed by atoms with E-state index < -0.39 is 0 Å². The van der Waals surface area contributed by atoms with Crippen molar-refractivity contribution in [2.75, 3.05) is 12.4 Å². The zero-order valence-electron chi connectivity index (χ0n) is 14.4. The molecule has 1 aliphatic heterocycles. The van der Waals surface area contributed by atoms with Crippen molar-refractivity contribution in [1.82, 2.24) is 0 Å². The van der Waals surface area contributed by atoms with Crippen molar-refractivity contribution in [2.24, 2.45) is 4.99 Å². The largest absolute Gasteiger partial charge is 0.497 e. The molecular formula is C21H20N2O2. The van der Waals surface area contributed by atoms with Crippen molar-refractivity contribution in [2.45, 2.75) is 25.7 Å².